The fourth-order valence-electron chi connectivity index (χ4n) is 3.19. The number of nitrogens with zero attached hydrogens (tertiary/aromatic N) is 3. The number of rotatable bonds is 9. The molecule has 1 atom stereocenters. The standard InChI is InChI=1S/C24H24N4O4/c1-17(29)14-28-23(26-27-24(28)30)20-12-21(31-15-18-8-4-2-5-9-18)22(13-25-20)32-16-19-10-6-3-7-11-19/h2-13,17,29H,14-16H2,1H3,(H,27,30)/t17-/m0/s1. The molecule has 2 aromatic heterocycles. The van der Waals surface area contributed by atoms with E-state index >= 15 is 0 Å². The van der Waals surface area contributed by atoms with Crippen molar-refractivity contribution in [2.45, 2.75) is 32.8 Å². The fraction of sp³-hybridized carbons (Fsp3) is 0.208. The van der Waals surface area contributed by atoms with Gasteiger partial charge < -0.3 is 14.6 Å². The molecule has 0 aliphatic carbocycles. The summed E-state index contributed by atoms with van der Waals surface area (Å²) in [7, 11) is 0. The van der Waals surface area contributed by atoms with Crippen LogP contribution in [0.2, 0.25) is 0 Å². The third-order valence-corrected chi connectivity index (χ3v) is 4.74. The summed E-state index contributed by atoms with van der Waals surface area (Å²) in [5, 5.41) is 16.2. The number of hydrogen-bond acceptors (Lipinski definition) is 6. The first-order chi connectivity index (χ1) is 15.6. The molecule has 4 aromatic rings. The number of benzene rings is 2. The van der Waals surface area contributed by atoms with E-state index in [-0.39, 0.29) is 6.54 Å². The van der Waals surface area contributed by atoms with Crippen molar-refractivity contribution in [2.24, 2.45) is 0 Å². The summed E-state index contributed by atoms with van der Waals surface area (Å²) in [4.78, 5) is 16.6. The first-order valence-corrected chi connectivity index (χ1v) is 10.3. The van der Waals surface area contributed by atoms with Crippen LogP contribution in [0.1, 0.15) is 18.1 Å². The smallest absolute Gasteiger partial charge is 0.343 e. The van der Waals surface area contributed by atoms with Gasteiger partial charge in [-0.15, -0.1) is 0 Å². The van der Waals surface area contributed by atoms with Crippen molar-refractivity contribution in [1.29, 1.82) is 0 Å². The summed E-state index contributed by atoms with van der Waals surface area (Å²) in [5.41, 5.74) is 2.03. The molecular formula is C24H24N4O4. The van der Waals surface area contributed by atoms with E-state index in [9.17, 15) is 9.90 Å². The predicted molar refractivity (Wildman–Crippen MR) is 119 cm³/mol. The second-order valence-electron chi connectivity index (χ2n) is 7.38. The molecule has 8 nitrogen and oxygen atoms in total. The minimum absolute atomic E-state index is 0.0960. The Labute approximate surface area is 185 Å². The van der Waals surface area contributed by atoms with E-state index in [4.69, 9.17) is 9.47 Å². The minimum atomic E-state index is -0.716. The first-order valence-electron chi connectivity index (χ1n) is 10.3. The highest BCUT2D eigenvalue weighted by molar-refractivity contribution is 5.55. The van der Waals surface area contributed by atoms with E-state index in [1.165, 1.54) is 4.57 Å². The lowest BCUT2D eigenvalue weighted by atomic mass is 10.2. The van der Waals surface area contributed by atoms with E-state index in [1.807, 2.05) is 60.7 Å². The molecule has 0 aliphatic heterocycles. The van der Waals surface area contributed by atoms with E-state index in [0.717, 1.165) is 11.1 Å². The number of aromatic nitrogens is 4. The van der Waals surface area contributed by atoms with Crippen molar-refractivity contribution in [2.75, 3.05) is 0 Å². The Morgan fingerprint density at radius 1 is 0.969 bits per heavy atom. The largest absolute Gasteiger partial charge is 0.485 e. The normalized spacial score (nSPS) is 11.8. The SMILES string of the molecule is C[C@H](O)Cn1c(-c2cc(OCc3ccccc3)c(OCc3ccccc3)cn2)n[nH]c1=O. The average molecular weight is 432 g/mol. The van der Waals surface area contributed by atoms with Crippen LogP contribution in [0.15, 0.2) is 77.7 Å². The van der Waals surface area contributed by atoms with Crippen LogP contribution in [-0.2, 0) is 19.8 Å². The molecule has 0 fully saturated rings. The minimum Gasteiger partial charge on any atom is -0.485 e. The summed E-state index contributed by atoms with van der Waals surface area (Å²) in [6.07, 6.45) is 0.844. The van der Waals surface area contributed by atoms with E-state index in [0.29, 0.717) is 36.2 Å². The van der Waals surface area contributed by atoms with Crippen LogP contribution in [0.5, 0.6) is 11.5 Å². The van der Waals surface area contributed by atoms with Gasteiger partial charge in [0.1, 0.15) is 18.9 Å². The number of aromatic amines is 1. The number of aliphatic hydroxyl groups is 1. The maximum atomic E-state index is 12.1. The lowest BCUT2D eigenvalue weighted by molar-refractivity contribution is 0.172. The lowest BCUT2D eigenvalue weighted by Crippen LogP contribution is -2.23. The number of pyridine rings is 1. The summed E-state index contributed by atoms with van der Waals surface area (Å²) in [5.74, 6) is 1.28. The second-order valence-corrected chi connectivity index (χ2v) is 7.38. The molecule has 2 aromatic carbocycles. The van der Waals surface area contributed by atoms with Crippen molar-refractivity contribution >= 4 is 0 Å². The predicted octanol–water partition coefficient (Wildman–Crippen LogP) is 3.17. The molecule has 4 rings (SSSR count). The Morgan fingerprint density at radius 3 is 2.16 bits per heavy atom. The van der Waals surface area contributed by atoms with Crippen LogP contribution in [0.4, 0.5) is 0 Å². The molecular weight excluding hydrogens is 408 g/mol. The van der Waals surface area contributed by atoms with Gasteiger partial charge in [-0.3, -0.25) is 4.57 Å². The van der Waals surface area contributed by atoms with Gasteiger partial charge in [0.05, 0.1) is 18.8 Å². The van der Waals surface area contributed by atoms with Crippen LogP contribution in [0.3, 0.4) is 0 Å². The van der Waals surface area contributed by atoms with E-state index in [1.54, 1.807) is 19.2 Å². The molecule has 164 valence electrons. The Bertz CT molecular complexity index is 1200. The topological polar surface area (TPSA) is 102 Å². The molecule has 0 spiro atoms. The molecule has 32 heavy (non-hydrogen) atoms. The molecule has 0 aliphatic rings. The van der Waals surface area contributed by atoms with Gasteiger partial charge in [0.2, 0.25) is 0 Å². The monoisotopic (exact) mass is 432 g/mol. The zero-order valence-corrected chi connectivity index (χ0v) is 17.6. The van der Waals surface area contributed by atoms with Crippen LogP contribution in [0, 0.1) is 0 Å². The quantitative estimate of drug-likeness (QED) is 0.421. The van der Waals surface area contributed by atoms with Crippen molar-refractivity contribution in [3.8, 4) is 23.0 Å². The maximum Gasteiger partial charge on any atom is 0.343 e. The summed E-state index contributed by atoms with van der Waals surface area (Å²) in [6.45, 7) is 2.40. The van der Waals surface area contributed by atoms with Gasteiger partial charge in [-0.05, 0) is 18.1 Å². The number of hydrogen-bond donors (Lipinski definition) is 2. The van der Waals surface area contributed by atoms with Gasteiger partial charge >= 0.3 is 5.69 Å². The molecule has 0 bridgehead atoms. The summed E-state index contributed by atoms with van der Waals surface area (Å²) >= 11 is 0. The molecule has 2 heterocycles. The van der Waals surface area contributed by atoms with Crippen molar-refractivity contribution in [1.82, 2.24) is 19.7 Å². The summed E-state index contributed by atoms with van der Waals surface area (Å²) in [6, 6.07) is 21.3. The van der Waals surface area contributed by atoms with Gasteiger partial charge in [0.25, 0.3) is 0 Å². The Morgan fingerprint density at radius 2 is 1.56 bits per heavy atom. The Kier molecular flexibility index (Phi) is 6.62. The Hall–Kier alpha value is -3.91. The molecule has 2 N–H and O–H groups in total. The molecule has 8 heteroatoms. The zero-order valence-electron chi connectivity index (χ0n) is 17.6. The van der Waals surface area contributed by atoms with Crippen LogP contribution in [-0.4, -0.2) is 31.0 Å². The maximum absolute atomic E-state index is 12.1. The lowest BCUT2D eigenvalue weighted by Gasteiger charge is -2.14. The Balaban J connectivity index is 1.64. The number of aliphatic hydroxyl groups excluding tert-OH is 1. The van der Waals surface area contributed by atoms with Gasteiger partial charge in [-0.1, -0.05) is 60.7 Å². The number of nitrogens with one attached hydrogen (secondary N) is 1. The molecule has 0 saturated carbocycles. The molecule has 0 unspecified atom stereocenters. The van der Waals surface area contributed by atoms with Crippen molar-refractivity contribution in [3.63, 3.8) is 0 Å². The average Bonchev–Trinajstić information content (AvgIpc) is 3.17. The highest BCUT2D eigenvalue weighted by atomic mass is 16.5. The third-order valence-electron chi connectivity index (χ3n) is 4.74. The third kappa shape index (κ3) is 5.22. The van der Waals surface area contributed by atoms with E-state index < -0.39 is 11.8 Å². The van der Waals surface area contributed by atoms with Crippen LogP contribution in [0.25, 0.3) is 11.5 Å². The highest BCUT2D eigenvalue weighted by Crippen LogP contribution is 2.31. The van der Waals surface area contributed by atoms with Gasteiger partial charge in [-0.2, -0.15) is 5.10 Å². The van der Waals surface area contributed by atoms with E-state index in [2.05, 4.69) is 15.2 Å². The first kappa shape index (κ1) is 21.3. The highest BCUT2D eigenvalue weighted by Gasteiger charge is 2.17. The molecule has 0 radical (unpaired) electrons. The fourth-order valence-corrected chi connectivity index (χ4v) is 3.19. The van der Waals surface area contributed by atoms with Gasteiger partial charge in [-0.25, -0.2) is 14.9 Å². The van der Waals surface area contributed by atoms with Crippen molar-refractivity contribution in [3.05, 3.63) is 94.5 Å². The van der Waals surface area contributed by atoms with Gasteiger partial charge in [0.15, 0.2) is 17.3 Å². The molecule has 0 amide bonds. The van der Waals surface area contributed by atoms with Crippen LogP contribution < -0.4 is 15.2 Å². The van der Waals surface area contributed by atoms with Crippen molar-refractivity contribution < 1.29 is 14.6 Å². The number of H-pyrrole nitrogens is 1. The van der Waals surface area contributed by atoms with Crippen LogP contribution >= 0.6 is 0 Å². The molecule has 0 saturated heterocycles. The van der Waals surface area contributed by atoms with Gasteiger partial charge in [0, 0.05) is 6.07 Å². The zero-order chi connectivity index (χ0) is 22.3. The second kappa shape index (κ2) is 9.93. The summed E-state index contributed by atoms with van der Waals surface area (Å²) < 4.78 is 13.4. The number of ether oxygens (including phenoxy) is 2.